The number of nitrogens with two attached hydrogens (primary N) is 1. The van der Waals surface area contributed by atoms with Crippen molar-refractivity contribution in [1.29, 1.82) is 0 Å². The van der Waals surface area contributed by atoms with Gasteiger partial charge in [-0.2, -0.15) is 0 Å². The van der Waals surface area contributed by atoms with Crippen molar-refractivity contribution < 1.29 is 5.11 Å². The lowest BCUT2D eigenvalue weighted by Crippen LogP contribution is -2.43. The molecule has 2 rings (SSSR count). The van der Waals surface area contributed by atoms with E-state index in [0.717, 1.165) is 19.3 Å². The van der Waals surface area contributed by atoms with Crippen LogP contribution in [0.3, 0.4) is 0 Å². The fraction of sp³-hybridized carbons (Fsp3) is 1.00. The van der Waals surface area contributed by atoms with Gasteiger partial charge in [-0.25, -0.2) is 0 Å². The summed E-state index contributed by atoms with van der Waals surface area (Å²) >= 11 is 0. The molecule has 3 unspecified atom stereocenters. The average molecular weight is 227 g/mol. The number of likely N-dealkylation sites (tertiary alicyclic amines) is 1. The van der Waals surface area contributed by atoms with Gasteiger partial charge < -0.3 is 15.7 Å². The second kappa shape index (κ2) is 4.61. The molecule has 2 aliphatic rings. The summed E-state index contributed by atoms with van der Waals surface area (Å²) in [6, 6.07) is 1.30. The summed E-state index contributed by atoms with van der Waals surface area (Å²) < 4.78 is 0. The van der Waals surface area contributed by atoms with Crippen molar-refractivity contribution in [2.45, 2.75) is 43.3 Å². The molecule has 4 heteroatoms. The van der Waals surface area contributed by atoms with E-state index in [9.17, 15) is 5.11 Å². The summed E-state index contributed by atoms with van der Waals surface area (Å²) in [4.78, 5) is 4.88. The molecule has 0 aromatic heterocycles. The summed E-state index contributed by atoms with van der Waals surface area (Å²) in [7, 11) is 4.31. The van der Waals surface area contributed by atoms with Crippen LogP contribution in [-0.2, 0) is 0 Å². The molecule has 3 N–H and O–H groups in total. The number of aliphatic hydroxyl groups excluding tert-OH is 1. The van der Waals surface area contributed by atoms with Gasteiger partial charge in [-0.15, -0.1) is 0 Å². The Hall–Kier alpha value is -0.160. The van der Waals surface area contributed by atoms with Gasteiger partial charge in [0.1, 0.15) is 0 Å². The predicted molar refractivity (Wildman–Crippen MR) is 65.3 cm³/mol. The van der Waals surface area contributed by atoms with Gasteiger partial charge in [0.05, 0.1) is 6.61 Å². The van der Waals surface area contributed by atoms with Crippen molar-refractivity contribution in [1.82, 2.24) is 9.80 Å². The van der Waals surface area contributed by atoms with E-state index in [4.69, 9.17) is 5.73 Å². The molecule has 4 nitrogen and oxygen atoms in total. The Kier molecular flexibility index (Phi) is 3.54. The zero-order valence-corrected chi connectivity index (χ0v) is 10.5. The minimum Gasteiger partial charge on any atom is -0.394 e. The van der Waals surface area contributed by atoms with Crippen LogP contribution in [0.4, 0.5) is 0 Å². The zero-order valence-electron chi connectivity index (χ0n) is 10.5. The molecule has 16 heavy (non-hydrogen) atoms. The predicted octanol–water partition coefficient (Wildman–Crippen LogP) is -0.135. The standard InChI is InChI=1S/C12H25N3O/c1-14(2)11-4-6-15(8-11)10-3-5-12(13,7-10)9-16/h10-11,16H,3-9,13H2,1-2H3. The zero-order chi connectivity index (χ0) is 11.8. The van der Waals surface area contributed by atoms with Gasteiger partial charge >= 0.3 is 0 Å². The highest BCUT2D eigenvalue weighted by molar-refractivity contribution is 4.99. The first-order valence-corrected chi connectivity index (χ1v) is 6.34. The van der Waals surface area contributed by atoms with Gasteiger partial charge in [0.15, 0.2) is 0 Å². The highest BCUT2D eigenvalue weighted by Crippen LogP contribution is 2.33. The van der Waals surface area contributed by atoms with E-state index in [0.29, 0.717) is 12.1 Å². The number of hydrogen-bond acceptors (Lipinski definition) is 4. The molecule has 1 heterocycles. The van der Waals surface area contributed by atoms with Crippen LogP contribution in [-0.4, -0.2) is 66.3 Å². The molecule has 0 aromatic carbocycles. The third-order valence-corrected chi connectivity index (χ3v) is 4.37. The lowest BCUT2D eigenvalue weighted by atomic mass is 10.0. The Balaban J connectivity index is 1.87. The topological polar surface area (TPSA) is 52.7 Å². The third-order valence-electron chi connectivity index (χ3n) is 4.37. The third kappa shape index (κ3) is 2.40. The normalized spacial score (nSPS) is 41.1. The highest BCUT2D eigenvalue weighted by atomic mass is 16.3. The van der Waals surface area contributed by atoms with Gasteiger partial charge in [-0.1, -0.05) is 0 Å². The van der Waals surface area contributed by atoms with Crippen molar-refractivity contribution in [3.05, 3.63) is 0 Å². The van der Waals surface area contributed by atoms with Crippen LogP contribution in [0.25, 0.3) is 0 Å². The molecule has 0 radical (unpaired) electrons. The number of rotatable bonds is 3. The van der Waals surface area contributed by atoms with Crippen molar-refractivity contribution in [3.8, 4) is 0 Å². The number of hydrogen-bond donors (Lipinski definition) is 2. The highest BCUT2D eigenvalue weighted by Gasteiger charge is 2.40. The Morgan fingerprint density at radius 1 is 1.44 bits per heavy atom. The van der Waals surface area contributed by atoms with Crippen molar-refractivity contribution in [2.24, 2.45) is 5.73 Å². The van der Waals surface area contributed by atoms with E-state index >= 15 is 0 Å². The minimum atomic E-state index is -0.305. The summed E-state index contributed by atoms with van der Waals surface area (Å²) in [5.74, 6) is 0. The van der Waals surface area contributed by atoms with E-state index in [1.807, 2.05) is 0 Å². The molecular formula is C12H25N3O. The smallest absolute Gasteiger partial charge is 0.0611 e. The van der Waals surface area contributed by atoms with Crippen LogP contribution in [0.1, 0.15) is 25.7 Å². The van der Waals surface area contributed by atoms with E-state index in [1.165, 1.54) is 19.5 Å². The molecule has 1 saturated carbocycles. The van der Waals surface area contributed by atoms with Gasteiger partial charge in [-0.05, 0) is 39.8 Å². The van der Waals surface area contributed by atoms with E-state index < -0.39 is 0 Å². The lowest BCUT2D eigenvalue weighted by Gasteiger charge is -2.27. The minimum absolute atomic E-state index is 0.133. The first-order valence-electron chi connectivity index (χ1n) is 6.34. The lowest BCUT2D eigenvalue weighted by molar-refractivity contribution is 0.175. The second-order valence-corrected chi connectivity index (χ2v) is 5.82. The van der Waals surface area contributed by atoms with Crippen LogP contribution in [0.5, 0.6) is 0 Å². The number of likely N-dealkylation sites (N-methyl/N-ethyl adjacent to an activating group) is 1. The molecule has 3 atom stereocenters. The Labute approximate surface area is 98.4 Å². The monoisotopic (exact) mass is 227 g/mol. The largest absolute Gasteiger partial charge is 0.394 e. The second-order valence-electron chi connectivity index (χ2n) is 5.82. The molecule has 94 valence electrons. The fourth-order valence-corrected chi connectivity index (χ4v) is 3.10. The molecule has 1 aliphatic heterocycles. The summed E-state index contributed by atoms with van der Waals surface area (Å²) in [5.41, 5.74) is 5.82. The average Bonchev–Trinajstić information content (AvgIpc) is 2.84. The maximum atomic E-state index is 9.27. The Morgan fingerprint density at radius 2 is 2.19 bits per heavy atom. The molecule has 1 saturated heterocycles. The van der Waals surface area contributed by atoms with Gasteiger partial charge in [0.25, 0.3) is 0 Å². The van der Waals surface area contributed by atoms with Crippen LogP contribution in [0.15, 0.2) is 0 Å². The maximum absolute atomic E-state index is 9.27. The van der Waals surface area contributed by atoms with Crippen molar-refractivity contribution >= 4 is 0 Å². The van der Waals surface area contributed by atoms with Crippen LogP contribution in [0.2, 0.25) is 0 Å². The first-order chi connectivity index (χ1) is 7.54. The molecule has 0 bridgehead atoms. The Morgan fingerprint density at radius 3 is 2.69 bits per heavy atom. The summed E-state index contributed by atoms with van der Waals surface area (Å²) in [6.07, 6.45) is 4.35. The van der Waals surface area contributed by atoms with Crippen molar-refractivity contribution in [2.75, 3.05) is 33.8 Å². The molecule has 0 aromatic rings. The van der Waals surface area contributed by atoms with Gasteiger partial charge in [-0.3, -0.25) is 4.90 Å². The summed E-state index contributed by atoms with van der Waals surface area (Å²) in [5, 5.41) is 9.27. The number of aliphatic hydroxyl groups is 1. The molecule has 0 spiro atoms. The first kappa shape index (κ1) is 12.3. The van der Waals surface area contributed by atoms with Crippen LogP contribution in [0, 0.1) is 0 Å². The molecule has 0 amide bonds. The van der Waals surface area contributed by atoms with Gasteiger partial charge in [0, 0.05) is 30.7 Å². The van der Waals surface area contributed by atoms with Crippen LogP contribution < -0.4 is 5.73 Å². The number of nitrogens with zero attached hydrogens (tertiary/aromatic N) is 2. The van der Waals surface area contributed by atoms with Crippen LogP contribution >= 0.6 is 0 Å². The van der Waals surface area contributed by atoms with E-state index in [2.05, 4.69) is 23.9 Å². The molecular weight excluding hydrogens is 202 g/mol. The van der Waals surface area contributed by atoms with Gasteiger partial charge in [0.2, 0.25) is 0 Å². The maximum Gasteiger partial charge on any atom is 0.0611 e. The van der Waals surface area contributed by atoms with Crippen molar-refractivity contribution in [3.63, 3.8) is 0 Å². The molecule has 1 aliphatic carbocycles. The summed E-state index contributed by atoms with van der Waals surface area (Å²) in [6.45, 7) is 2.49. The SMILES string of the molecule is CN(C)C1CCN(C2CCC(N)(CO)C2)C1. The van der Waals surface area contributed by atoms with E-state index in [-0.39, 0.29) is 12.1 Å². The quantitative estimate of drug-likeness (QED) is 0.705. The fourth-order valence-electron chi connectivity index (χ4n) is 3.10. The van der Waals surface area contributed by atoms with E-state index in [1.54, 1.807) is 0 Å². The molecule has 2 fully saturated rings. The Bertz CT molecular complexity index is 246.